The molecule has 1 unspecified atom stereocenters. The Balaban J connectivity index is 1.32. The lowest BCUT2D eigenvalue weighted by Gasteiger charge is -2.21. The van der Waals surface area contributed by atoms with Crippen molar-refractivity contribution < 1.29 is 0 Å². The average molecular weight is 418 g/mol. The second-order valence-corrected chi connectivity index (χ2v) is 7.60. The minimum atomic E-state index is 0.373. The molecule has 8 heteroatoms. The van der Waals surface area contributed by atoms with Gasteiger partial charge in [0, 0.05) is 43.6 Å². The van der Waals surface area contributed by atoms with Crippen LogP contribution in [0.1, 0.15) is 24.5 Å². The summed E-state index contributed by atoms with van der Waals surface area (Å²) < 4.78 is 3.36. The van der Waals surface area contributed by atoms with E-state index in [1.165, 1.54) is 5.69 Å². The van der Waals surface area contributed by atoms with E-state index in [1.54, 1.807) is 0 Å². The third kappa shape index (κ3) is 3.56. The van der Waals surface area contributed by atoms with Crippen LogP contribution in [0.5, 0.6) is 0 Å². The standard InChI is InChI=1S/C18H24BrN7/c1-20-18(21-11-17-24-23-16-7-4-9-26(16)17)22-13-8-10-25(12-13)15-6-3-2-5-14(15)19/h2-3,5-6,13H,4,7-12H2,1H3,(H2,20,21,22). The number of hydrogen-bond acceptors (Lipinski definition) is 4. The van der Waals surface area contributed by atoms with Gasteiger partial charge in [0.25, 0.3) is 0 Å². The van der Waals surface area contributed by atoms with Gasteiger partial charge in [-0.25, -0.2) is 0 Å². The van der Waals surface area contributed by atoms with Gasteiger partial charge >= 0.3 is 0 Å². The first kappa shape index (κ1) is 17.3. The summed E-state index contributed by atoms with van der Waals surface area (Å²) in [7, 11) is 1.81. The fraction of sp³-hybridized carbons (Fsp3) is 0.500. The van der Waals surface area contributed by atoms with E-state index in [0.29, 0.717) is 12.6 Å². The number of rotatable bonds is 4. The summed E-state index contributed by atoms with van der Waals surface area (Å²) in [5, 5.41) is 15.5. The quantitative estimate of drug-likeness (QED) is 0.587. The van der Waals surface area contributed by atoms with E-state index in [0.717, 1.165) is 61.0 Å². The number of anilines is 1. The molecule has 3 heterocycles. The normalized spacial score (nSPS) is 19.7. The number of nitrogens with zero attached hydrogens (tertiary/aromatic N) is 5. The van der Waals surface area contributed by atoms with Crippen LogP contribution in [-0.2, 0) is 19.5 Å². The molecule has 1 fully saturated rings. The van der Waals surface area contributed by atoms with Gasteiger partial charge in [-0.05, 0) is 40.9 Å². The van der Waals surface area contributed by atoms with E-state index in [4.69, 9.17) is 0 Å². The molecule has 1 aromatic heterocycles. The van der Waals surface area contributed by atoms with Gasteiger partial charge < -0.3 is 20.1 Å². The van der Waals surface area contributed by atoms with Gasteiger partial charge in [0.05, 0.1) is 12.2 Å². The summed E-state index contributed by atoms with van der Waals surface area (Å²) in [6.45, 7) is 3.67. The molecule has 0 bridgehead atoms. The molecule has 0 spiro atoms. The van der Waals surface area contributed by atoms with Crippen molar-refractivity contribution in [1.82, 2.24) is 25.4 Å². The fourth-order valence-corrected chi connectivity index (χ4v) is 4.23. The van der Waals surface area contributed by atoms with Crippen LogP contribution in [0.3, 0.4) is 0 Å². The molecule has 4 rings (SSSR count). The van der Waals surface area contributed by atoms with Crippen molar-refractivity contribution in [3.05, 3.63) is 40.4 Å². The number of aromatic nitrogens is 3. The zero-order valence-electron chi connectivity index (χ0n) is 15.0. The maximum atomic E-state index is 4.37. The largest absolute Gasteiger partial charge is 0.368 e. The van der Waals surface area contributed by atoms with Crippen LogP contribution in [-0.4, -0.2) is 46.9 Å². The number of para-hydroxylation sites is 1. The Morgan fingerprint density at radius 1 is 1.31 bits per heavy atom. The minimum absolute atomic E-state index is 0.373. The van der Waals surface area contributed by atoms with Gasteiger partial charge in [0.15, 0.2) is 11.8 Å². The summed E-state index contributed by atoms with van der Waals surface area (Å²) in [4.78, 5) is 6.77. The SMILES string of the molecule is CN=C(NCc1nnc2n1CCC2)NC1CCN(c2ccccc2Br)C1. The van der Waals surface area contributed by atoms with Crippen molar-refractivity contribution in [2.24, 2.45) is 4.99 Å². The molecular weight excluding hydrogens is 394 g/mol. The highest BCUT2D eigenvalue weighted by Gasteiger charge is 2.25. The lowest BCUT2D eigenvalue weighted by atomic mass is 10.3. The lowest BCUT2D eigenvalue weighted by Crippen LogP contribution is -2.44. The summed E-state index contributed by atoms with van der Waals surface area (Å²) in [5.74, 6) is 2.91. The Kier molecular flexibility index (Phi) is 5.10. The molecule has 1 aromatic carbocycles. The zero-order chi connectivity index (χ0) is 17.9. The van der Waals surface area contributed by atoms with Crippen LogP contribution in [0, 0.1) is 0 Å². The van der Waals surface area contributed by atoms with E-state index in [-0.39, 0.29) is 0 Å². The molecule has 7 nitrogen and oxygen atoms in total. The number of aryl methyl sites for hydroxylation is 1. The molecule has 1 saturated heterocycles. The first-order valence-corrected chi connectivity index (χ1v) is 9.91. The van der Waals surface area contributed by atoms with Crippen LogP contribution < -0.4 is 15.5 Å². The first-order valence-electron chi connectivity index (χ1n) is 9.12. The van der Waals surface area contributed by atoms with Crippen molar-refractivity contribution in [3.8, 4) is 0 Å². The third-order valence-electron chi connectivity index (χ3n) is 5.05. The molecule has 2 aliphatic heterocycles. The Hall–Kier alpha value is -2.09. The van der Waals surface area contributed by atoms with Crippen molar-refractivity contribution in [2.75, 3.05) is 25.0 Å². The van der Waals surface area contributed by atoms with Crippen LogP contribution >= 0.6 is 15.9 Å². The van der Waals surface area contributed by atoms with Crippen molar-refractivity contribution in [2.45, 2.75) is 38.4 Å². The Labute approximate surface area is 162 Å². The van der Waals surface area contributed by atoms with Gasteiger partial charge in [-0.3, -0.25) is 4.99 Å². The van der Waals surface area contributed by atoms with Crippen molar-refractivity contribution in [3.63, 3.8) is 0 Å². The number of benzene rings is 1. The van der Waals surface area contributed by atoms with Gasteiger partial charge in [-0.2, -0.15) is 0 Å². The summed E-state index contributed by atoms with van der Waals surface area (Å²) in [5.41, 5.74) is 1.25. The molecule has 0 saturated carbocycles. The van der Waals surface area contributed by atoms with Gasteiger partial charge in [-0.1, -0.05) is 12.1 Å². The monoisotopic (exact) mass is 417 g/mol. The summed E-state index contributed by atoms with van der Waals surface area (Å²) in [6.07, 6.45) is 3.28. The molecule has 2 aromatic rings. The van der Waals surface area contributed by atoms with Crippen LogP contribution in [0.4, 0.5) is 5.69 Å². The van der Waals surface area contributed by atoms with E-state index in [9.17, 15) is 0 Å². The molecule has 0 aliphatic carbocycles. The predicted molar refractivity (Wildman–Crippen MR) is 106 cm³/mol. The van der Waals surface area contributed by atoms with Gasteiger partial charge in [0.2, 0.25) is 0 Å². The number of halogens is 1. The highest BCUT2D eigenvalue weighted by Crippen LogP contribution is 2.28. The van der Waals surface area contributed by atoms with Gasteiger partial charge in [-0.15, -0.1) is 10.2 Å². The Bertz CT molecular complexity index is 801. The van der Waals surface area contributed by atoms with Crippen LogP contribution in [0.25, 0.3) is 0 Å². The zero-order valence-corrected chi connectivity index (χ0v) is 16.5. The number of nitrogens with one attached hydrogen (secondary N) is 2. The number of aliphatic imine (C=N–C) groups is 1. The smallest absolute Gasteiger partial charge is 0.191 e. The van der Waals surface area contributed by atoms with Crippen LogP contribution in [0.15, 0.2) is 33.7 Å². The lowest BCUT2D eigenvalue weighted by molar-refractivity contribution is 0.630. The van der Waals surface area contributed by atoms with E-state index in [2.05, 4.69) is 69.4 Å². The molecule has 0 radical (unpaired) electrons. The summed E-state index contributed by atoms with van der Waals surface area (Å²) >= 11 is 3.65. The van der Waals surface area contributed by atoms with Gasteiger partial charge in [0.1, 0.15) is 5.82 Å². The Morgan fingerprint density at radius 2 is 2.19 bits per heavy atom. The highest BCUT2D eigenvalue weighted by molar-refractivity contribution is 9.10. The predicted octanol–water partition coefficient (Wildman–Crippen LogP) is 1.93. The maximum Gasteiger partial charge on any atom is 0.191 e. The van der Waals surface area contributed by atoms with E-state index >= 15 is 0 Å². The second-order valence-electron chi connectivity index (χ2n) is 6.74. The van der Waals surface area contributed by atoms with Crippen LogP contribution in [0.2, 0.25) is 0 Å². The molecule has 2 aliphatic rings. The van der Waals surface area contributed by atoms with E-state index < -0.39 is 0 Å². The van der Waals surface area contributed by atoms with Crippen molar-refractivity contribution >= 4 is 27.6 Å². The number of hydrogen-bond donors (Lipinski definition) is 2. The molecule has 0 amide bonds. The highest BCUT2D eigenvalue weighted by atomic mass is 79.9. The third-order valence-corrected chi connectivity index (χ3v) is 5.72. The first-order chi connectivity index (χ1) is 12.7. The fourth-order valence-electron chi connectivity index (χ4n) is 3.70. The molecule has 2 N–H and O–H groups in total. The Morgan fingerprint density at radius 3 is 3.04 bits per heavy atom. The van der Waals surface area contributed by atoms with E-state index in [1.807, 2.05) is 13.1 Å². The molecule has 138 valence electrons. The summed E-state index contributed by atoms with van der Waals surface area (Å²) in [6, 6.07) is 8.75. The minimum Gasteiger partial charge on any atom is -0.368 e. The number of guanidine groups is 1. The number of fused-ring (bicyclic) bond motifs is 1. The molecule has 26 heavy (non-hydrogen) atoms. The molecular formula is C18H24BrN7. The second kappa shape index (κ2) is 7.65. The topological polar surface area (TPSA) is 70.4 Å². The average Bonchev–Trinajstić information content (AvgIpc) is 3.37. The maximum absolute atomic E-state index is 4.37. The molecule has 1 atom stereocenters. The van der Waals surface area contributed by atoms with Crippen molar-refractivity contribution in [1.29, 1.82) is 0 Å².